The van der Waals surface area contributed by atoms with E-state index < -0.39 is 11.9 Å². The molecular formula is C16H17FO2. The third-order valence-electron chi connectivity index (χ3n) is 3.08. The maximum absolute atomic E-state index is 13.7. The summed E-state index contributed by atoms with van der Waals surface area (Å²) in [5.41, 5.74) is 2.49. The summed E-state index contributed by atoms with van der Waals surface area (Å²) in [7, 11) is 0. The largest absolute Gasteiger partial charge is 0.489 e. The Balaban J connectivity index is 2.08. The van der Waals surface area contributed by atoms with Crippen LogP contribution in [0, 0.1) is 12.7 Å². The zero-order valence-electron chi connectivity index (χ0n) is 11.1. The summed E-state index contributed by atoms with van der Waals surface area (Å²) in [6.07, 6.45) is -0.814. The molecule has 2 aromatic rings. The van der Waals surface area contributed by atoms with Crippen LogP contribution in [0.4, 0.5) is 4.39 Å². The number of hydrogen-bond donors (Lipinski definition) is 1. The molecule has 2 aromatic carbocycles. The lowest BCUT2D eigenvalue weighted by Gasteiger charge is -2.11. The van der Waals surface area contributed by atoms with E-state index in [9.17, 15) is 9.50 Å². The molecule has 0 fully saturated rings. The van der Waals surface area contributed by atoms with Gasteiger partial charge in [-0.25, -0.2) is 4.39 Å². The molecule has 0 aliphatic carbocycles. The van der Waals surface area contributed by atoms with Crippen molar-refractivity contribution in [1.82, 2.24) is 0 Å². The second-order valence-corrected chi connectivity index (χ2v) is 4.57. The fraction of sp³-hybridized carbons (Fsp3) is 0.250. The highest BCUT2D eigenvalue weighted by Crippen LogP contribution is 2.22. The van der Waals surface area contributed by atoms with Crippen molar-refractivity contribution in [3.05, 3.63) is 65.0 Å². The van der Waals surface area contributed by atoms with Crippen molar-refractivity contribution in [1.29, 1.82) is 0 Å². The molecule has 2 rings (SSSR count). The molecule has 0 spiro atoms. The van der Waals surface area contributed by atoms with Gasteiger partial charge in [0, 0.05) is 11.6 Å². The molecule has 0 amide bonds. The van der Waals surface area contributed by atoms with E-state index in [4.69, 9.17) is 4.74 Å². The maximum Gasteiger partial charge on any atom is 0.132 e. The summed E-state index contributed by atoms with van der Waals surface area (Å²) in [5, 5.41) is 9.36. The van der Waals surface area contributed by atoms with Crippen LogP contribution in [0.1, 0.15) is 29.7 Å². The molecule has 1 atom stereocenters. The number of ether oxygens (including phenoxy) is 1. The molecule has 0 aromatic heterocycles. The van der Waals surface area contributed by atoms with E-state index in [1.54, 1.807) is 12.1 Å². The fourth-order valence-corrected chi connectivity index (χ4v) is 1.87. The first-order valence-corrected chi connectivity index (χ1v) is 6.22. The van der Waals surface area contributed by atoms with Gasteiger partial charge in [-0.3, -0.25) is 0 Å². The Labute approximate surface area is 112 Å². The number of hydrogen-bond acceptors (Lipinski definition) is 2. The predicted octanol–water partition coefficient (Wildman–Crippen LogP) is 3.77. The van der Waals surface area contributed by atoms with Gasteiger partial charge in [0.1, 0.15) is 18.2 Å². The second kappa shape index (κ2) is 5.85. The van der Waals surface area contributed by atoms with Crippen LogP contribution < -0.4 is 4.74 Å². The van der Waals surface area contributed by atoms with E-state index in [0.29, 0.717) is 12.4 Å². The Bertz CT molecular complexity index is 564. The quantitative estimate of drug-likeness (QED) is 0.906. The number of benzene rings is 2. The van der Waals surface area contributed by atoms with Crippen LogP contribution >= 0.6 is 0 Å². The topological polar surface area (TPSA) is 29.5 Å². The Kier molecular flexibility index (Phi) is 4.17. The lowest BCUT2D eigenvalue weighted by molar-refractivity contribution is 0.194. The van der Waals surface area contributed by atoms with Gasteiger partial charge in [0.15, 0.2) is 0 Å². The minimum Gasteiger partial charge on any atom is -0.489 e. The summed E-state index contributed by atoms with van der Waals surface area (Å²) in [6.45, 7) is 3.95. The van der Waals surface area contributed by atoms with Crippen LogP contribution in [0.3, 0.4) is 0 Å². The normalized spacial score (nSPS) is 12.2. The van der Waals surface area contributed by atoms with Gasteiger partial charge >= 0.3 is 0 Å². The third kappa shape index (κ3) is 3.32. The van der Waals surface area contributed by atoms with Gasteiger partial charge in [-0.15, -0.1) is 0 Å². The molecule has 2 nitrogen and oxygen atoms in total. The van der Waals surface area contributed by atoms with Gasteiger partial charge in [-0.1, -0.05) is 24.3 Å². The van der Waals surface area contributed by atoms with Crippen LogP contribution in [0.25, 0.3) is 0 Å². The van der Waals surface area contributed by atoms with Crippen molar-refractivity contribution in [2.45, 2.75) is 26.6 Å². The average molecular weight is 260 g/mol. The van der Waals surface area contributed by atoms with E-state index in [-0.39, 0.29) is 5.56 Å². The highest BCUT2D eigenvalue weighted by molar-refractivity contribution is 5.31. The van der Waals surface area contributed by atoms with Crippen molar-refractivity contribution < 1.29 is 14.2 Å². The third-order valence-corrected chi connectivity index (χ3v) is 3.08. The van der Waals surface area contributed by atoms with E-state index >= 15 is 0 Å². The summed E-state index contributed by atoms with van der Waals surface area (Å²) in [6, 6.07) is 12.4. The molecule has 19 heavy (non-hydrogen) atoms. The molecule has 0 bridgehead atoms. The number of aryl methyl sites for hydroxylation is 1. The highest BCUT2D eigenvalue weighted by atomic mass is 19.1. The lowest BCUT2D eigenvalue weighted by atomic mass is 10.1. The van der Waals surface area contributed by atoms with E-state index in [1.165, 1.54) is 13.0 Å². The van der Waals surface area contributed by atoms with Crippen molar-refractivity contribution in [2.24, 2.45) is 0 Å². The molecule has 0 saturated carbocycles. The molecule has 0 aliphatic heterocycles. The zero-order valence-corrected chi connectivity index (χ0v) is 11.1. The average Bonchev–Trinajstić information content (AvgIpc) is 2.37. The van der Waals surface area contributed by atoms with Crippen molar-refractivity contribution in [2.75, 3.05) is 0 Å². The molecule has 0 radical (unpaired) electrons. The van der Waals surface area contributed by atoms with Gasteiger partial charge in [0.2, 0.25) is 0 Å². The van der Waals surface area contributed by atoms with Gasteiger partial charge in [-0.05, 0) is 37.1 Å². The number of aliphatic hydroxyl groups excluding tert-OH is 1. The second-order valence-electron chi connectivity index (χ2n) is 4.57. The molecule has 0 aliphatic rings. The number of aliphatic hydroxyl groups is 1. The molecule has 1 N–H and O–H groups in total. The summed E-state index contributed by atoms with van der Waals surface area (Å²) in [5.74, 6) is 0.0161. The van der Waals surface area contributed by atoms with Crippen molar-refractivity contribution >= 4 is 0 Å². The van der Waals surface area contributed by atoms with Crippen LogP contribution in [0.15, 0.2) is 42.5 Å². The Morgan fingerprint density at radius 3 is 2.58 bits per heavy atom. The number of halogens is 1. The first-order chi connectivity index (χ1) is 9.08. The van der Waals surface area contributed by atoms with Gasteiger partial charge in [-0.2, -0.15) is 0 Å². The standard InChI is InChI=1S/C16H17FO2/c1-11-5-3-4-6-13(11)10-19-14-7-8-15(12(2)18)16(17)9-14/h3-9,12,18H,10H2,1-2H3/t12-/m0/s1. The first kappa shape index (κ1) is 13.6. The van der Waals surface area contributed by atoms with E-state index in [1.807, 2.05) is 31.2 Å². The van der Waals surface area contributed by atoms with Crippen LogP contribution in [-0.2, 0) is 6.61 Å². The highest BCUT2D eigenvalue weighted by Gasteiger charge is 2.09. The SMILES string of the molecule is Cc1ccccc1COc1ccc([C@H](C)O)c(F)c1. The van der Waals surface area contributed by atoms with Crippen LogP contribution in [0.5, 0.6) is 5.75 Å². The van der Waals surface area contributed by atoms with E-state index in [0.717, 1.165) is 11.1 Å². The monoisotopic (exact) mass is 260 g/mol. The summed E-state index contributed by atoms with van der Waals surface area (Å²) >= 11 is 0. The van der Waals surface area contributed by atoms with Crippen LogP contribution in [0.2, 0.25) is 0 Å². The molecular weight excluding hydrogens is 243 g/mol. The minimum absolute atomic E-state index is 0.281. The van der Waals surface area contributed by atoms with Gasteiger partial charge in [0.05, 0.1) is 6.10 Å². The Morgan fingerprint density at radius 2 is 1.95 bits per heavy atom. The summed E-state index contributed by atoms with van der Waals surface area (Å²) < 4.78 is 19.2. The Hall–Kier alpha value is -1.87. The van der Waals surface area contributed by atoms with Crippen LogP contribution in [-0.4, -0.2) is 5.11 Å². The maximum atomic E-state index is 13.7. The number of rotatable bonds is 4. The zero-order chi connectivity index (χ0) is 13.8. The first-order valence-electron chi connectivity index (χ1n) is 6.22. The van der Waals surface area contributed by atoms with Crippen molar-refractivity contribution in [3.63, 3.8) is 0 Å². The molecule has 0 heterocycles. The minimum atomic E-state index is -0.814. The van der Waals surface area contributed by atoms with Gasteiger partial charge in [0.25, 0.3) is 0 Å². The molecule has 0 unspecified atom stereocenters. The van der Waals surface area contributed by atoms with E-state index in [2.05, 4.69) is 0 Å². The molecule has 0 saturated heterocycles. The molecule has 3 heteroatoms. The van der Waals surface area contributed by atoms with Gasteiger partial charge < -0.3 is 9.84 Å². The molecule has 100 valence electrons. The summed E-state index contributed by atoms with van der Waals surface area (Å²) in [4.78, 5) is 0. The lowest BCUT2D eigenvalue weighted by Crippen LogP contribution is -2.00. The fourth-order valence-electron chi connectivity index (χ4n) is 1.87. The van der Waals surface area contributed by atoms with Crippen molar-refractivity contribution in [3.8, 4) is 5.75 Å². The predicted molar refractivity (Wildman–Crippen MR) is 72.5 cm³/mol. The smallest absolute Gasteiger partial charge is 0.132 e. The Morgan fingerprint density at radius 1 is 1.21 bits per heavy atom.